The van der Waals surface area contributed by atoms with Crippen molar-refractivity contribution in [3.8, 4) is 0 Å². The average molecular weight is 295 g/mol. The Morgan fingerprint density at radius 2 is 1.47 bits per heavy atom. The highest BCUT2D eigenvalue weighted by atomic mass is 19.4. The van der Waals surface area contributed by atoms with Gasteiger partial charge in [0.2, 0.25) is 6.10 Å². The van der Waals surface area contributed by atoms with Gasteiger partial charge in [-0.25, -0.2) is 0 Å². The van der Waals surface area contributed by atoms with Crippen LogP contribution in [-0.4, -0.2) is 37.1 Å². The summed E-state index contributed by atoms with van der Waals surface area (Å²) in [7, 11) is 0. The first-order valence-electron chi connectivity index (χ1n) is 6.00. The van der Waals surface area contributed by atoms with Gasteiger partial charge in [-0.1, -0.05) is 27.2 Å². The Bertz CT molecular complexity index is 237. The van der Waals surface area contributed by atoms with Crippen LogP contribution in [0.25, 0.3) is 0 Å². The minimum atomic E-state index is -5.46. The number of hydrogen-bond donors (Lipinski definition) is 1. The van der Waals surface area contributed by atoms with Gasteiger partial charge in [0.15, 0.2) is 0 Å². The van der Waals surface area contributed by atoms with Crippen LogP contribution in [0.15, 0.2) is 0 Å². The fourth-order valence-electron chi connectivity index (χ4n) is 1.44. The Kier molecular flexibility index (Phi) is 7.13. The van der Waals surface area contributed by atoms with Crippen molar-refractivity contribution in [2.45, 2.75) is 64.2 Å². The van der Waals surface area contributed by atoms with Crippen LogP contribution >= 0.6 is 0 Å². The molecular formula is C11H19F6NO. The van der Waals surface area contributed by atoms with Gasteiger partial charge in [-0.2, -0.15) is 26.3 Å². The van der Waals surface area contributed by atoms with Gasteiger partial charge in [0.05, 0.1) is 6.10 Å². The standard InChI is InChI=1S/C11H19F6NO/c1-4-5-8(6-18-7(2)3)19-9(10(12,13)14)11(15,16)17/h7-9,18H,4-6H2,1-3H3. The van der Waals surface area contributed by atoms with Crippen LogP contribution in [0.1, 0.15) is 33.6 Å². The molecule has 0 amide bonds. The highest BCUT2D eigenvalue weighted by Crippen LogP contribution is 2.36. The molecule has 0 aromatic carbocycles. The zero-order valence-electron chi connectivity index (χ0n) is 11.0. The van der Waals surface area contributed by atoms with Crippen molar-refractivity contribution in [2.75, 3.05) is 6.54 Å². The molecule has 19 heavy (non-hydrogen) atoms. The molecule has 0 bridgehead atoms. The third-order valence-electron chi connectivity index (χ3n) is 2.29. The topological polar surface area (TPSA) is 21.3 Å². The first kappa shape index (κ1) is 18.5. The summed E-state index contributed by atoms with van der Waals surface area (Å²) in [6, 6.07) is -0.0434. The average Bonchev–Trinajstić information content (AvgIpc) is 2.18. The maximum atomic E-state index is 12.4. The van der Waals surface area contributed by atoms with Gasteiger partial charge in [-0.05, 0) is 6.42 Å². The molecule has 1 atom stereocenters. The van der Waals surface area contributed by atoms with E-state index < -0.39 is 24.6 Å². The van der Waals surface area contributed by atoms with Gasteiger partial charge >= 0.3 is 12.4 Å². The Morgan fingerprint density at radius 3 is 1.79 bits per heavy atom. The molecule has 0 radical (unpaired) electrons. The smallest absolute Gasteiger partial charge is 0.356 e. The second kappa shape index (κ2) is 7.33. The molecule has 0 aliphatic heterocycles. The second-order valence-corrected chi connectivity index (χ2v) is 4.57. The molecular weight excluding hydrogens is 276 g/mol. The third kappa shape index (κ3) is 7.61. The molecule has 0 aromatic rings. The Morgan fingerprint density at radius 1 is 1.00 bits per heavy atom. The fourth-order valence-corrected chi connectivity index (χ4v) is 1.44. The van der Waals surface area contributed by atoms with Gasteiger partial charge < -0.3 is 10.1 Å². The van der Waals surface area contributed by atoms with E-state index in [9.17, 15) is 26.3 Å². The van der Waals surface area contributed by atoms with E-state index in [4.69, 9.17) is 0 Å². The SMILES string of the molecule is CCCC(CNC(C)C)OC(C(F)(F)F)C(F)(F)F. The fraction of sp³-hybridized carbons (Fsp3) is 1.00. The molecule has 0 fully saturated rings. The molecule has 0 saturated carbocycles. The van der Waals surface area contributed by atoms with E-state index in [2.05, 4.69) is 10.1 Å². The number of alkyl halides is 6. The molecule has 0 aliphatic rings. The van der Waals surface area contributed by atoms with Gasteiger partial charge in [-0.3, -0.25) is 0 Å². The summed E-state index contributed by atoms with van der Waals surface area (Å²) in [4.78, 5) is 0. The van der Waals surface area contributed by atoms with Gasteiger partial charge in [0, 0.05) is 12.6 Å². The summed E-state index contributed by atoms with van der Waals surface area (Å²) in [6.07, 6.45) is -15.2. The van der Waals surface area contributed by atoms with Crippen LogP contribution in [0.4, 0.5) is 26.3 Å². The predicted molar refractivity (Wildman–Crippen MR) is 58.8 cm³/mol. The second-order valence-electron chi connectivity index (χ2n) is 4.57. The minimum absolute atomic E-state index is 0.0434. The zero-order valence-corrected chi connectivity index (χ0v) is 11.0. The lowest BCUT2D eigenvalue weighted by molar-refractivity contribution is -0.330. The Hall–Kier alpha value is -0.500. The number of ether oxygens (including phenoxy) is 1. The van der Waals surface area contributed by atoms with Gasteiger partial charge in [-0.15, -0.1) is 0 Å². The number of hydrogen-bond acceptors (Lipinski definition) is 2. The molecule has 116 valence electrons. The quantitative estimate of drug-likeness (QED) is 0.724. The summed E-state index contributed by atoms with van der Waals surface area (Å²) in [5.41, 5.74) is 0. The molecule has 1 N–H and O–H groups in total. The molecule has 0 aromatic heterocycles. The monoisotopic (exact) mass is 295 g/mol. The van der Waals surface area contributed by atoms with E-state index in [0.717, 1.165) is 0 Å². The normalized spacial score (nSPS) is 15.3. The molecule has 0 heterocycles. The van der Waals surface area contributed by atoms with E-state index in [1.807, 2.05) is 0 Å². The van der Waals surface area contributed by atoms with Crippen LogP contribution in [0.5, 0.6) is 0 Å². The van der Waals surface area contributed by atoms with E-state index in [1.54, 1.807) is 20.8 Å². The largest absolute Gasteiger partial charge is 0.423 e. The van der Waals surface area contributed by atoms with Crippen molar-refractivity contribution < 1.29 is 31.1 Å². The van der Waals surface area contributed by atoms with Crippen molar-refractivity contribution in [3.63, 3.8) is 0 Å². The molecule has 1 unspecified atom stereocenters. The molecule has 0 saturated heterocycles. The van der Waals surface area contributed by atoms with Crippen LogP contribution in [0, 0.1) is 0 Å². The lowest BCUT2D eigenvalue weighted by Crippen LogP contribution is -2.48. The van der Waals surface area contributed by atoms with Gasteiger partial charge in [0.25, 0.3) is 0 Å². The molecule has 0 aliphatic carbocycles. The number of halogens is 6. The van der Waals surface area contributed by atoms with Crippen molar-refractivity contribution in [1.82, 2.24) is 5.32 Å². The first-order chi connectivity index (χ1) is 8.48. The molecule has 0 spiro atoms. The Labute approximate surface area is 108 Å². The maximum absolute atomic E-state index is 12.4. The zero-order chi connectivity index (χ0) is 15.3. The number of rotatable bonds is 7. The van der Waals surface area contributed by atoms with Crippen LogP contribution < -0.4 is 5.32 Å². The predicted octanol–water partition coefficient (Wildman–Crippen LogP) is 3.66. The van der Waals surface area contributed by atoms with E-state index in [0.29, 0.717) is 6.42 Å². The van der Waals surface area contributed by atoms with E-state index in [-0.39, 0.29) is 19.0 Å². The van der Waals surface area contributed by atoms with Crippen molar-refractivity contribution in [3.05, 3.63) is 0 Å². The van der Waals surface area contributed by atoms with Crippen molar-refractivity contribution in [1.29, 1.82) is 0 Å². The van der Waals surface area contributed by atoms with Crippen LogP contribution in [0.2, 0.25) is 0 Å². The summed E-state index contributed by atoms with van der Waals surface area (Å²) in [6.45, 7) is 5.11. The van der Waals surface area contributed by atoms with Crippen molar-refractivity contribution in [2.24, 2.45) is 0 Å². The number of nitrogens with one attached hydrogen (secondary N) is 1. The summed E-state index contributed by atoms with van der Waals surface area (Å²) < 4.78 is 78.4. The van der Waals surface area contributed by atoms with Crippen LogP contribution in [0.3, 0.4) is 0 Å². The lowest BCUT2D eigenvalue weighted by Gasteiger charge is -2.28. The van der Waals surface area contributed by atoms with Gasteiger partial charge in [0.1, 0.15) is 0 Å². The summed E-state index contributed by atoms with van der Waals surface area (Å²) in [5, 5.41) is 2.78. The molecule has 2 nitrogen and oxygen atoms in total. The maximum Gasteiger partial charge on any atom is 0.423 e. The van der Waals surface area contributed by atoms with Crippen molar-refractivity contribution >= 4 is 0 Å². The molecule has 8 heteroatoms. The highest BCUT2D eigenvalue weighted by molar-refractivity contribution is 4.79. The molecule has 0 rings (SSSR count). The summed E-state index contributed by atoms with van der Waals surface area (Å²) >= 11 is 0. The third-order valence-corrected chi connectivity index (χ3v) is 2.29. The highest BCUT2D eigenvalue weighted by Gasteiger charge is 2.58. The summed E-state index contributed by atoms with van der Waals surface area (Å²) in [5.74, 6) is 0. The minimum Gasteiger partial charge on any atom is -0.356 e. The first-order valence-corrected chi connectivity index (χ1v) is 6.00. The Balaban J connectivity index is 4.75. The van der Waals surface area contributed by atoms with Crippen LogP contribution in [-0.2, 0) is 4.74 Å². The lowest BCUT2D eigenvalue weighted by atomic mass is 10.2. The van der Waals surface area contributed by atoms with E-state index in [1.165, 1.54) is 0 Å². The van der Waals surface area contributed by atoms with E-state index >= 15 is 0 Å².